The van der Waals surface area contributed by atoms with E-state index >= 15 is 0 Å². The normalized spacial score (nSPS) is 30.0. The van der Waals surface area contributed by atoms with Crippen molar-refractivity contribution in [1.29, 1.82) is 0 Å². The van der Waals surface area contributed by atoms with Crippen molar-refractivity contribution in [3.63, 3.8) is 0 Å². The van der Waals surface area contributed by atoms with Crippen LogP contribution in [0.5, 0.6) is 0 Å². The molecular weight excluding hydrogens is 306 g/mol. The third-order valence-corrected chi connectivity index (χ3v) is 6.77. The van der Waals surface area contributed by atoms with E-state index in [1.807, 2.05) is 0 Å². The largest absolute Gasteiger partial charge is 0.350 e. The molecule has 2 nitrogen and oxygen atoms in total. The summed E-state index contributed by atoms with van der Waals surface area (Å²) < 4.78 is 0. The maximum Gasteiger partial charge on any atom is 0.246 e. The third kappa shape index (κ3) is 7.15. The molecule has 0 atom stereocenters. The molecule has 0 aromatic carbocycles. The zero-order valence-corrected chi connectivity index (χ0v) is 16.8. The highest BCUT2D eigenvalue weighted by Gasteiger charge is 2.31. The van der Waals surface area contributed by atoms with Crippen LogP contribution in [-0.4, -0.2) is 11.9 Å². The molecule has 0 aromatic heterocycles. The minimum absolute atomic E-state index is 0.0443. The standard InChI is InChI=1S/C23H41NO/c1-4-5-6-7-8-9-19-10-12-20(13-11-19)21-14-16-22(17-15-21)24-23(25)18(2)3/h19-22H,2,4-17H2,1,3H3,(H,24,25). The van der Waals surface area contributed by atoms with Crippen LogP contribution in [0.4, 0.5) is 0 Å². The quantitative estimate of drug-likeness (QED) is 0.379. The van der Waals surface area contributed by atoms with Gasteiger partial charge in [0.1, 0.15) is 0 Å². The molecular formula is C23H41NO. The summed E-state index contributed by atoms with van der Waals surface area (Å²) in [5.74, 6) is 2.95. The molecule has 1 amide bonds. The van der Waals surface area contributed by atoms with Crippen molar-refractivity contribution in [2.75, 3.05) is 0 Å². The average molecular weight is 348 g/mol. The van der Waals surface area contributed by atoms with Crippen LogP contribution in [0.15, 0.2) is 12.2 Å². The summed E-state index contributed by atoms with van der Waals surface area (Å²) in [6.07, 6.45) is 19.5. The van der Waals surface area contributed by atoms with Gasteiger partial charge in [0.05, 0.1) is 0 Å². The summed E-state index contributed by atoms with van der Waals surface area (Å²) in [5, 5.41) is 3.15. The van der Waals surface area contributed by atoms with E-state index in [2.05, 4.69) is 18.8 Å². The fraction of sp³-hybridized carbons (Fsp3) is 0.870. The van der Waals surface area contributed by atoms with E-state index in [1.165, 1.54) is 89.9 Å². The minimum Gasteiger partial charge on any atom is -0.350 e. The Morgan fingerprint density at radius 2 is 1.44 bits per heavy atom. The Hall–Kier alpha value is -0.790. The van der Waals surface area contributed by atoms with Gasteiger partial charge in [-0.1, -0.05) is 64.9 Å². The van der Waals surface area contributed by atoms with E-state index in [4.69, 9.17) is 0 Å². The van der Waals surface area contributed by atoms with Crippen molar-refractivity contribution in [3.8, 4) is 0 Å². The van der Waals surface area contributed by atoms with Crippen LogP contribution in [0, 0.1) is 17.8 Å². The van der Waals surface area contributed by atoms with Crippen molar-refractivity contribution in [3.05, 3.63) is 12.2 Å². The third-order valence-electron chi connectivity index (χ3n) is 6.77. The van der Waals surface area contributed by atoms with E-state index in [9.17, 15) is 4.79 Å². The van der Waals surface area contributed by atoms with Crippen LogP contribution in [0.2, 0.25) is 0 Å². The zero-order valence-electron chi connectivity index (χ0n) is 16.8. The number of amides is 1. The lowest BCUT2D eigenvalue weighted by Gasteiger charge is -2.38. The summed E-state index contributed by atoms with van der Waals surface area (Å²) in [7, 11) is 0. The van der Waals surface area contributed by atoms with Crippen molar-refractivity contribution >= 4 is 5.91 Å². The predicted octanol–water partition coefficient (Wildman–Crippen LogP) is 6.40. The van der Waals surface area contributed by atoms with Crippen LogP contribution < -0.4 is 5.32 Å². The van der Waals surface area contributed by atoms with Gasteiger partial charge in [-0.3, -0.25) is 4.79 Å². The van der Waals surface area contributed by atoms with Crippen LogP contribution in [0.25, 0.3) is 0 Å². The summed E-state index contributed by atoms with van der Waals surface area (Å²) in [6, 6.07) is 0.389. The smallest absolute Gasteiger partial charge is 0.246 e. The molecule has 0 saturated heterocycles. The lowest BCUT2D eigenvalue weighted by Crippen LogP contribution is -2.39. The van der Waals surface area contributed by atoms with Gasteiger partial charge in [0.15, 0.2) is 0 Å². The molecule has 2 aliphatic carbocycles. The van der Waals surface area contributed by atoms with Crippen LogP contribution in [0.1, 0.15) is 104 Å². The molecule has 2 fully saturated rings. The highest BCUT2D eigenvalue weighted by atomic mass is 16.1. The Kier molecular flexibility index (Phi) is 9.06. The molecule has 2 heteroatoms. The van der Waals surface area contributed by atoms with Crippen molar-refractivity contribution in [2.24, 2.45) is 17.8 Å². The predicted molar refractivity (Wildman–Crippen MR) is 108 cm³/mol. The van der Waals surface area contributed by atoms with Gasteiger partial charge in [-0.2, -0.15) is 0 Å². The van der Waals surface area contributed by atoms with E-state index in [-0.39, 0.29) is 5.91 Å². The number of nitrogens with one attached hydrogen (secondary N) is 1. The van der Waals surface area contributed by atoms with Gasteiger partial charge >= 0.3 is 0 Å². The number of hydrogen-bond donors (Lipinski definition) is 1. The molecule has 0 bridgehead atoms. The molecule has 144 valence electrons. The molecule has 0 unspecified atom stereocenters. The Morgan fingerprint density at radius 1 is 0.880 bits per heavy atom. The summed E-state index contributed by atoms with van der Waals surface area (Å²) >= 11 is 0. The number of carbonyl (C=O) groups excluding carboxylic acids is 1. The zero-order chi connectivity index (χ0) is 18.1. The molecule has 0 aliphatic heterocycles. The molecule has 2 aliphatic rings. The van der Waals surface area contributed by atoms with Crippen LogP contribution in [-0.2, 0) is 4.79 Å². The van der Waals surface area contributed by atoms with Gasteiger partial charge in [0.2, 0.25) is 5.91 Å². The second-order valence-electron chi connectivity index (χ2n) is 8.85. The molecule has 0 aromatic rings. The number of hydrogen-bond acceptors (Lipinski definition) is 1. The van der Waals surface area contributed by atoms with Crippen LogP contribution >= 0.6 is 0 Å². The minimum atomic E-state index is 0.0443. The second-order valence-corrected chi connectivity index (χ2v) is 8.85. The first-order chi connectivity index (χ1) is 12.1. The van der Waals surface area contributed by atoms with Crippen molar-refractivity contribution in [1.82, 2.24) is 5.32 Å². The van der Waals surface area contributed by atoms with E-state index in [0.29, 0.717) is 11.6 Å². The van der Waals surface area contributed by atoms with E-state index in [0.717, 1.165) is 17.8 Å². The molecule has 2 rings (SSSR count). The number of unbranched alkanes of at least 4 members (excludes halogenated alkanes) is 4. The van der Waals surface area contributed by atoms with Crippen molar-refractivity contribution < 1.29 is 4.79 Å². The molecule has 2 saturated carbocycles. The number of carbonyl (C=O) groups is 1. The SMILES string of the molecule is C=C(C)C(=O)NC1CCC(C2CCC(CCCCCCC)CC2)CC1. The van der Waals surface area contributed by atoms with Gasteiger partial charge in [-0.05, 0) is 63.2 Å². The molecule has 0 spiro atoms. The molecule has 0 radical (unpaired) electrons. The average Bonchev–Trinajstić information content (AvgIpc) is 2.63. The van der Waals surface area contributed by atoms with Gasteiger partial charge in [0.25, 0.3) is 0 Å². The van der Waals surface area contributed by atoms with E-state index < -0.39 is 0 Å². The first-order valence-corrected chi connectivity index (χ1v) is 11.1. The van der Waals surface area contributed by atoms with Gasteiger partial charge in [0, 0.05) is 11.6 Å². The lowest BCUT2D eigenvalue weighted by molar-refractivity contribution is -0.118. The monoisotopic (exact) mass is 347 g/mol. The Morgan fingerprint density at radius 3 is 2.00 bits per heavy atom. The fourth-order valence-corrected chi connectivity index (χ4v) is 5.03. The summed E-state index contributed by atoms with van der Waals surface area (Å²) in [6.45, 7) is 7.83. The Balaban J connectivity index is 1.59. The first kappa shape index (κ1) is 20.5. The summed E-state index contributed by atoms with van der Waals surface area (Å²) in [4.78, 5) is 11.8. The first-order valence-electron chi connectivity index (χ1n) is 11.1. The molecule has 0 heterocycles. The van der Waals surface area contributed by atoms with Crippen molar-refractivity contribution in [2.45, 2.75) is 110 Å². The van der Waals surface area contributed by atoms with Gasteiger partial charge in [-0.15, -0.1) is 0 Å². The highest BCUT2D eigenvalue weighted by molar-refractivity contribution is 5.92. The van der Waals surface area contributed by atoms with Gasteiger partial charge < -0.3 is 5.32 Å². The molecule has 1 N–H and O–H groups in total. The molecule has 25 heavy (non-hydrogen) atoms. The summed E-state index contributed by atoms with van der Waals surface area (Å²) in [5.41, 5.74) is 0.634. The number of rotatable bonds is 9. The maximum atomic E-state index is 11.8. The van der Waals surface area contributed by atoms with E-state index in [1.54, 1.807) is 6.92 Å². The Labute approximate surface area is 156 Å². The van der Waals surface area contributed by atoms with Crippen LogP contribution in [0.3, 0.4) is 0 Å². The fourth-order valence-electron chi connectivity index (χ4n) is 5.03. The maximum absolute atomic E-state index is 11.8. The van der Waals surface area contributed by atoms with Gasteiger partial charge in [-0.25, -0.2) is 0 Å². The second kappa shape index (κ2) is 11.0. The highest BCUT2D eigenvalue weighted by Crippen LogP contribution is 2.41. The Bertz CT molecular complexity index is 400. The topological polar surface area (TPSA) is 29.1 Å². The lowest BCUT2D eigenvalue weighted by atomic mass is 9.69.